The van der Waals surface area contributed by atoms with E-state index in [1.54, 1.807) is 31.1 Å². The fourth-order valence-corrected chi connectivity index (χ4v) is 2.46. The van der Waals surface area contributed by atoms with E-state index in [9.17, 15) is 4.79 Å². The summed E-state index contributed by atoms with van der Waals surface area (Å²) in [5, 5.41) is 3.24. The molecule has 2 rings (SSSR count). The Labute approximate surface area is 137 Å². The van der Waals surface area contributed by atoms with Crippen LogP contribution in [0.3, 0.4) is 0 Å². The van der Waals surface area contributed by atoms with Gasteiger partial charge in [0.05, 0.1) is 5.02 Å². The zero-order chi connectivity index (χ0) is 15.4. The van der Waals surface area contributed by atoms with Gasteiger partial charge in [-0.25, -0.2) is 4.98 Å². The van der Waals surface area contributed by atoms with Crippen LogP contribution in [0.1, 0.15) is 16.1 Å². The SMILES string of the molecule is CNc1ccc(Cl)c(C(=O)N(C)Cc2ccccc2Br)n1. The van der Waals surface area contributed by atoms with Crippen molar-refractivity contribution >= 4 is 39.3 Å². The molecule has 1 N–H and O–H groups in total. The lowest BCUT2D eigenvalue weighted by atomic mass is 10.2. The van der Waals surface area contributed by atoms with Crippen LogP contribution in [0.4, 0.5) is 5.82 Å². The molecule has 4 nitrogen and oxygen atoms in total. The van der Waals surface area contributed by atoms with Crippen molar-refractivity contribution in [1.82, 2.24) is 9.88 Å². The van der Waals surface area contributed by atoms with E-state index in [-0.39, 0.29) is 11.6 Å². The van der Waals surface area contributed by atoms with Gasteiger partial charge in [0.1, 0.15) is 11.5 Å². The van der Waals surface area contributed by atoms with E-state index in [0.29, 0.717) is 17.4 Å². The van der Waals surface area contributed by atoms with Crippen molar-refractivity contribution in [2.75, 3.05) is 19.4 Å². The summed E-state index contributed by atoms with van der Waals surface area (Å²) in [6, 6.07) is 11.2. The maximum Gasteiger partial charge on any atom is 0.274 e. The van der Waals surface area contributed by atoms with Crippen molar-refractivity contribution in [2.24, 2.45) is 0 Å². The number of carbonyl (C=O) groups excluding carboxylic acids is 1. The van der Waals surface area contributed by atoms with Crippen LogP contribution in [0.15, 0.2) is 40.9 Å². The molecule has 1 aromatic carbocycles. The fraction of sp³-hybridized carbons (Fsp3) is 0.200. The van der Waals surface area contributed by atoms with Crippen LogP contribution in [0.25, 0.3) is 0 Å². The third-order valence-corrected chi connectivity index (χ3v) is 4.10. The molecular weight excluding hydrogens is 354 g/mol. The van der Waals surface area contributed by atoms with Crippen molar-refractivity contribution in [3.05, 3.63) is 57.2 Å². The lowest BCUT2D eigenvalue weighted by Crippen LogP contribution is -2.27. The van der Waals surface area contributed by atoms with Crippen molar-refractivity contribution in [3.8, 4) is 0 Å². The number of hydrogen-bond donors (Lipinski definition) is 1. The Kier molecular flexibility index (Phi) is 5.20. The molecule has 0 radical (unpaired) electrons. The first-order valence-electron chi connectivity index (χ1n) is 6.36. The van der Waals surface area contributed by atoms with E-state index in [2.05, 4.69) is 26.2 Å². The maximum absolute atomic E-state index is 12.5. The first-order chi connectivity index (χ1) is 10.0. The summed E-state index contributed by atoms with van der Waals surface area (Å²) < 4.78 is 0.965. The zero-order valence-electron chi connectivity index (χ0n) is 11.7. The molecule has 1 amide bonds. The van der Waals surface area contributed by atoms with E-state index < -0.39 is 0 Å². The molecule has 0 unspecified atom stereocenters. The third kappa shape index (κ3) is 3.74. The molecule has 0 saturated carbocycles. The molecule has 0 spiro atoms. The van der Waals surface area contributed by atoms with Crippen LogP contribution >= 0.6 is 27.5 Å². The standard InChI is InChI=1S/C15H15BrClN3O/c1-18-13-8-7-12(17)14(19-13)15(21)20(2)9-10-5-3-4-6-11(10)16/h3-8H,9H2,1-2H3,(H,18,19). The van der Waals surface area contributed by atoms with Gasteiger partial charge in [-0.1, -0.05) is 45.7 Å². The number of nitrogens with zero attached hydrogens (tertiary/aromatic N) is 2. The Morgan fingerprint density at radius 3 is 2.71 bits per heavy atom. The molecule has 0 aliphatic carbocycles. The minimum absolute atomic E-state index is 0.215. The summed E-state index contributed by atoms with van der Waals surface area (Å²) in [4.78, 5) is 18.3. The summed E-state index contributed by atoms with van der Waals surface area (Å²) >= 11 is 9.56. The predicted octanol–water partition coefficient (Wildman–Crippen LogP) is 3.81. The largest absolute Gasteiger partial charge is 0.373 e. The number of benzene rings is 1. The van der Waals surface area contributed by atoms with Gasteiger partial charge >= 0.3 is 0 Å². The third-order valence-electron chi connectivity index (χ3n) is 3.02. The van der Waals surface area contributed by atoms with Crippen molar-refractivity contribution in [1.29, 1.82) is 0 Å². The fourth-order valence-electron chi connectivity index (χ4n) is 1.87. The van der Waals surface area contributed by atoms with Gasteiger partial charge in [0.25, 0.3) is 5.91 Å². The molecule has 110 valence electrons. The molecule has 0 aliphatic heterocycles. The number of amides is 1. The van der Waals surface area contributed by atoms with Crippen LogP contribution in [0, 0.1) is 0 Å². The minimum atomic E-state index is -0.215. The molecule has 1 heterocycles. The maximum atomic E-state index is 12.5. The number of carbonyl (C=O) groups is 1. The summed E-state index contributed by atoms with van der Waals surface area (Å²) in [5.41, 5.74) is 1.27. The number of nitrogens with one attached hydrogen (secondary N) is 1. The average Bonchev–Trinajstić information content (AvgIpc) is 2.49. The molecular formula is C15H15BrClN3O. The van der Waals surface area contributed by atoms with Crippen LogP contribution in [-0.2, 0) is 6.54 Å². The van der Waals surface area contributed by atoms with Gasteiger partial charge in [-0.2, -0.15) is 0 Å². The first-order valence-corrected chi connectivity index (χ1v) is 7.53. The highest BCUT2D eigenvalue weighted by Gasteiger charge is 2.18. The second kappa shape index (κ2) is 6.91. The summed E-state index contributed by atoms with van der Waals surface area (Å²) in [5.74, 6) is 0.393. The normalized spacial score (nSPS) is 10.3. The highest BCUT2D eigenvalue weighted by molar-refractivity contribution is 9.10. The lowest BCUT2D eigenvalue weighted by molar-refractivity contribution is 0.0779. The quantitative estimate of drug-likeness (QED) is 0.892. The van der Waals surface area contributed by atoms with E-state index in [4.69, 9.17) is 11.6 Å². The van der Waals surface area contributed by atoms with E-state index in [1.807, 2.05) is 24.3 Å². The summed E-state index contributed by atoms with van der Waals surface area (Å²) in [6.07, 6.45) is 0. The topological polar surface area (TPSA) is 45.2 Å². The molecule has 0 atom stereocenters. The van der Waals surface area contributed by atoms with Gasteiger partial charge in [-0.05, 0) is 23.8 Å². The molecule has 0 bridgehead atoms. The van der Waals surface area contributed by atoms with Crippen molar-refractivity contribution in [2.45, 2.75) is 6.54 Å². The number of hydrogen-bond acceptors (Lipinski definition) is 3. The van der Waals surface area contributed by atoms with Crippen LogP contribution in [0.5, 0.6) is 0 Å². The van der Waals surface area contributed by atoms with Gasteiger partial charge in [0.15, 0.2) is 0 Å². The van der Waals surface area contributed by atoms with Gasteiger partial charge in [0, 0.05) is 25.1 Å². The molecule has 0 saturated heterocycles. The Morgan fingerprint density at radius 1 is 1.33 bits per heavy atom. The summed E-state index contributed by atoms with van der Waals surface area (Å²) in [7, 11) is 3.47. The monoisotopic (exact) mass is 367 g/mol. The van der Waals surface area contributed by atoms with Crippen LogP contribution < -0.4 is 5.32 Å². The van der Waals surface area contributed by atoms with E-state index >= 15 is 0 Å². The van der Waals surface area contributed by atoms with Gasteiger partial charge in [-0.15, -0.1) is 0 Å². The second-order valence-corrected chi connectivity index (χ2v) is 5.79. The van der Waals surface area contributed by atoms with E-state index in [0.717, 1.165) is 10.0 Å². The molecule has 0 aliphatic rings. The number of pyridine rings is 1. The van der Waals surface area contributed by atoms with Gasteiger partial charge in [-0.3, -0.25) is 4.79 Å². The predicted molar refractivity (Wildman–Crippen MR) is 88.7 cm³/mol. The smallest absolute Gasteiger partial charge is 0.274 e. The Morgan fingerprint density at radius 2 is 2.05 bits per heavy atom. The molecule has 0 fully saturated rings. The van der Waals surface area contributed by atoms with Gasteiger partial charge in [0.2, 0.25) is 0 Å². The Hall–Kier alpha value is -1.59. The van der Waals surface area contributed by atoms with Crippen molar-refractivity contribution < 1.29 is 4.79 Å². The molecule has 2 aromatic rings. The molecule has 21 heavy (non-hydrogen) atoms. The average molecular weight is 369 g/mol. The van der Waals surface area contributed by atoms with Crippen molar-refractivity contribution in [3.63, 3.8) is 0 Å². The van der Waals surface area contributed by atoms with Crippen LogP contribution in [0.2, 0.25) is 5.02 Å². The molecule has 1 aromatic heterocycles. The Balaban J connectivity index is 2.22. The minimum Gasteiger partial charge on any atom is -0.373 e. The highest BCUT2D eigenvalue weighted by Crippen LogP contribution is 2.21. The van der Waals surface area contributed by atoms with Crippen LogP contribution in [-0.4, -0.2) is 29.9 Å². The van der Waals surface area contributed by atoms with Gasteiger partial charge < -0.3 is 10.2 Å². The van der Waals surface area contributed by atoms with E-state index in [1.165, 1.54) is 0 Å². The first kappa shape index (κ1) is 15.8. The lowest BCUT2D eigenvalue weighted by Gasteiger charge is -2.18. The Bertz CT molecular complexity index is 663. The number of anilines is 1. The summed E-state index contributed by atoms with van der Waals surface area (Å²) in [6.45, 7) is 0.474. The second-order valence-electron chi connectivity index (χ2n) is 4.53. The molecule has 6 heteroatoms. The number of aromatic nitrogens is 1. The highest BCUT2D eigenvalue weighted by atomic mass is 79.9. The zero-order valence-corrected chi connectivity index (χ0v) is 14.1. The number of rotatable bonds is 4. The number of halogens is 2.